The van der Waals surface area contributed by atoms with Crippen molar-refractivity contribution >= 4 is 33.2 Å². The normalized spacial score (nSPS) is 14.4. The minimum Gasteiger partial charge on any atom is -0.366 e. The highest BCUT2D eigenvalue weighted by atomic mass is 79.9. The van der Waals surface area contributed by atoms with E-state index in [1.54, 1.807) is 22.2 Å². The van der Waals surface area contributed by atoms with Gasteiger partial charge >= 0.3 is 0 Å². The molecular weight excluding hydrogens is 316 g/mol. The van der Waals surface area contributed by atoms with Crippen LogP contribution in [0, 0.1) is 0 Å². The Morgan fingerprint density at radius 2 is 2.33 bits per heavy atom. The molecule has 0 saturated carbocycles. The van der Waals surface area contributed by atoms with Crippen LogP contribution in [-0.2, 0) is 0 Å². The molecule has 0 spiro atoms. The molecule has 1 amide bonds. The zero-order chi connectivity index (χ0) is 13.3. The van der Waals surface area contributed by atoms with Gasteiger partial charge in [-0.05, 0) is 28.9 Å². The van der Waals surface area contributed by atoms with E-state index < -0.39 is 5.91 Å². The number of amides is 1. The number of nitrogens with zero attached hydrogens (tertiary/aromatic N) is 2. The van der Waals surface area contributed by atoms with Crippen molar-refractivity contribution in [3.63, 3.8) is 0 Å². The van der Waals surface area contributed by atoms with Gasteiger partial charge in [0.05, 0.1) is 11.8 Å². The van der Waals surface area contributed by atoms with E-state index in [4.69, 9.17) is 11.5 Å². The average molecular weight is 329 g/mol. The Morgan fingerprint density at radius 1 is 1.61 bits per heavy atom. The Bertz CT molecular complexity index is 563. The van der Waals surface area contributed by atoms with E-state index in [0.717, 1.165) is 9.35 Å². The van der Waals surface area contributed by atoms with Crippen LogP contribution in [0.4, 0.5) is 0 Å². The van der Waals surface area contributed by atoms with Gasteiger partial charge in [0.15, 0.2) is 0 Å². The SMILES string of the molecule is CC(N)C(c1cc(Br)cs1)n1cc(C(N)=O)cn1. The van der Waals surface area contributed by atoms with Crippen molar-refractivity contribution in [1.29, 1.82) is 0 Å². The van der Waals surface area contributed by atoms with Crippen molar-refractivity contribution in [2.45, 2.75) is 19.0 Å². The molecule has 2 atom stereocenters. The van der Waals surface area contributed by atoms with Gasteiger partial charge in [-0.3, -0.25) is 9.48 Å². The minimum atomic E-state index is -0.489. The summed E-state index contributed by atoms with van der Waals surface area (Å²) in [6.45, 7) is 1.91. The van der Waals surface area contributed by atoms with E-state index in [0.29, 0.717) is 5.56 Å². The third kappa shape index (κ3) is 2.63. The van der Waals surface area contributed by atoms with Gasteiger partial charge in [-0.25, -0.2) is 0 Å². The van der Waals surface area contributed by atoms with Gasteiger partial charge in [0.1, 0.15) is 6.04 Å². The number of carbonyl (C=O) groups excluding carboxylic acids is 1. The first-order valence-electron chi connectivity index (χ1n) is 5.32. The van der Waals surface area contributed by atoms with Crippen LogP contribution in [0.25, 0.3) is 0 Å². The Labute approximate surface area is 117 Å². The predicted molar refractivity (Wildman–Crippen MR) is 74.6 cm³/mol. The maximum Gasteiger partial charge on any atom is 0.251 e. The number of halogens is 1. The highest BCUT2D eigenvalue weighted by Crippen LogP contribution is 2.29. The molecule has 0 saturated heterocycles. The van der Waals surface area contributed by atoms with Crippen LogP contribution < -0.4 is 11.5 Å². The first kappa shape index (κ1) is 13.3. The summed E-state index contributed by atoms with van der Waals surface area (Å²) in [5.41, 5.74) is 11.6. The average Bonchev–Trinajstić information content (AvgIpc) is 2.88. The number of hydrogen-bond acceptors (Lipinski definition) is 4. The summed E-state index contributed by atoms with van der Waals surface area (Å²) in [5, 5.41) is 6.16. The summed E-state index contributed by atoms with van der Waals surface area (Å²) in [7, 11) is 0. The van der Waals surface area contributed by atoms with E-state index in [1.807, 2.05) is 18.4 Å². The van der Waals surface area contributed by atoms with Crippen molar-refractivity contribution in [1.82, 2.24) is 9.78 Å². The molecule has 0 aromatic carbocycles. The zero-order valence-corrected chi connectivity index (χ0v) is 12.1. The van der Waals surface area contributed by atoms with Crippen LogP contribution in [0.1, 0.15) is 28.2 Å². The van der Waals surface area contributed by atoms with Gasteiger partial charge in [-0.2, -0.15) is 5.10 Å². The van der Waals surface area contributed by atoms with Crippen molar-refractivity contribution in [3.8, 4) is 0 Å². The Balaban J connectivity index is 2.38. The fourth-order valence-corrected chi connectivity index (χ4v) is 3.38. The van der Waals surface area contributed by atoms with Gasteiger partial charge in [0, 0.05) is 27.0 Å². The molecule has 2 unspecified atom stereocenters. The highest BCUT2D eigenvalue weighted by Gasteiger charge is 2.21. The Kier molecular flexibility index (Phi) is 3.84. The number of thiophene rings is 1. The lowest BCUT2D eigenvalue weighted by molar-refractivity contribution is 0.1000. The van der Waals surface area contributed by atoms with Gasteiger partial charge in [-0.15, -0.1) is 11.3 Å². The van der Waals surface area contributed by atoms with Crippen molar-refractivity contribution in [2.75, 3.05) is 0 Å². The van der Waals surface area contributed by atoms with Crippen LogP contribution in [0.2, 0.25) is 0 Å². The molecule has 0 bridgehead atoms. The third-order valence-electron chi connectivity index (χ3n) is 2.55. The number of nitrogens with two attached hydrogens (primary N) is 2. The molecule has 7 heteroatoms. The van der Waals surface area contributed by atoms with E-state index in [9.17, 15) is 4.79 Å². The molecular formula is C11H13BrN4OS. The lowest BCUT2D eigenvalue weighted by Crippen LogP contribution is -2.30. The molecule has 5 nitrogen and oxygen atoms in total. The first-order valence-corrected chi connectivity index (χ1v) is 6.99. The molecule has 18 heavy (non-hydrogen) atoms. The second-order valence-corrected chi connectivity index (χ2v) is 5.90. The van der Waals surface area contributed by atoms with Crippen molar-refractivity contribution in [3.05, 3.63) is 38.8 Å². The quantitative estimate of drug-likeness (QED) is 0.896. The summed E-state index contributed by atoms with van der Waals surface area (Å²) >= 11 is 5.01. The Morgan fingerprint density at radius 3 is 2.78 bits per heavy atom. The van der Waals surface area contributed by atoms with E-state index in [2.05, 4.69) is 21.0 Å². The maximum absolute atomic E-state index is 11.1. The van der Waals surface area contributed by atoms with Gasteiger partial charge in [0.25, 0.3) is 5.91 Å². The molecule has 4 N–H and O–H groups in total. The predicted octanol–water partition coefficient (Wildman–Crippen LogP) is 1.74. The van der Waals surface area contributed by atoms with E-state index in [-0.39, 0.29) is 12.1 Å². The maximum atomic E-state index is 11.1. The van der Waals surface area contributed by atoms with Crippen LogP contribution >= 0.6 is 27.3 Å². The molecule has 0 radical (unpaired) electrons. The summed E-state index contributed by atoms with van der Waals surface area (Å²) in [5.74, 6) is -0.489. The number of carbonyl (C=O) groups is 1. The molecule has 2 aromatic rings. The molecule has 0 fully saturated rings. The van der Waals surface area contributed by atoms with E-state index in [1.165, 1.54) is 6.20 Å². The summed E-state index contributed by atoms with van der Waals surface area (Å²) < 4.78 is 2.69. The monoisotopic (exact) mass is 328 g/mol. The van der Waals surface area contributed by atoms with Gasteiger partial charge in [-0.1, -0.05) is 0 Å². The zero-order valence-electron chi connectivity index (χ0n) is 9.71. The minimum absolute atomic E-state index is 0.102. The van der Waals surface area contributed by atoms with Crippen LogP contribution in [0.5, 0.6) is 0 Å². The molecule has 2 heterocycles. The van der Waals surface area contributed by atoms with Crippen molar-refractivity contribution < 1.29 is 4.79 Å². The van der Waals surface area contributed by atoms with Crippen LogP contribution in [0.15, 0.2) is 28.3 Å². The fourth-order valence-electron chi connectivity index (χ4n) is 1.73. The van der Waals surface area contributed by atoms with Crippen LogP contribution in [-0.4, -0.2) is 21.7 Å². The number of aromatic nitrogens is 2. The third-order valence-corrected chi connectivity index (χ3v) is 4.31. The van der Waals surface area contributed by atoms with Gasteiger partial charge in [0.2, 0.25) is 0 Å². The van der Waals surface area contributed by atoms with Crippen LogP contribution in [0.3, 0.4) is 0 Å². The lowest BCUT2D eigenvalue weighted by Gasteiger charge is -2.19. The molecule has 2 rings (SSSR count). The summed E-state index contributed by atoms with van der Waals surface area (Å²) in [6, 6.07) is 1.77. The summed E-state index contributed by atoms with van der Waals surface area (Å²) in [4.78, 5) is 12.2. The Hall–Kier alpha value is -1.18. The molecule has 0 aliphatic rings. The smallest absolute Gasteiger partial charge is 0.251 e. The second-order valence-electron chi connectivity index (χ2n) is 4.04. The highest BCUT2D eigenvalue weighted by molar-refractivity contribution is 9.10. The summed E-state index contributed by atoms with van der Waals surface area (Å²) in [6.07, 6.45) is 3.09. The fraction of sp³-hybridized carbons (Fsp3) is 0.273. The van der Waals surface area contributed by atoms with Crippen molar-refractivity contribution in [2.24, 2.45) is 11.5 Å². The van der Waals surface area contributed by atoms with Gasteiger partial charge < -0.3 is 11.5 Å². The standard InChI is InChI=1S/C11H13BrN4OS/c1-6(13)10(9-2-8(12)5-18-9)16-4-7(3-15-16)11(14)17/h2-6,10H,13H2,1H3,(H2,14,17). The molecule has 0 aliphatic carbocycles. The topological polar surface area (TPSA) is 86.9 Å². The molecule has 2 aromatic heterocycles. The molecule has 0 aliphatic heterocycles. The molecule has 96 valence electrons. The number of primary amides is 1. The van der Waals surface area contributed by atoms with E-state index >= 15 is 0 Å². The first-order chi connectivity index (χ1) is 8.49. The largest absolute Gasteiger partial charge is 0.366 e. The number of rotatable bonds is 4. The second kappa shape index (κ2) is 5.21. The lowest BCUT2D eigenvalue weighted by atomic mass is 10.1. The number of hydrogen-bond donors (Lipinski definition) is 2.